The molecule has 0 atom stereocenters. The molecule has 0 unspecified atom stereocenters. The van der Waals surface area contributed by atoms with Crippen molar-refractivity contribution < 1.29 is 30.3 Å². The van der Waals surface area contributed by atoms with Crippen LogP contribution in [0.2, 0.25) is 0 Å². The van der Waals surface area contributed by atoms with Gasteiger partial charge in [0.15, 0.2) is 0 Å². The molecule has 0 saturated carbocycles. The first-order valence-electron chi connectivity index (χ1n) is 7.58. The summed E-state index contributed by atoms with van der Waals surface area (Å²) in [5.41, 5.74) is -0.0425. The van der Waals surface area contributed by atoms with Crippen LogP contribution in [0.3, 0.4) is 0 Å². The topological polar surface area (TPSA) is 131 Å². The summed E-state index contributed by atoms with van der Waals surface area (Å²) in [7, 11) is 0. The highest BCUT2D eigenvalue weighted by molar-refractivity contribution is 6.55. The van der Waals surface area contributed by atoms with Crippen LogP contribution in [0.25, 0.3) is 11.1 Å². The Morgan fingerprint density at radius 3 is 1.76 bits per heavy atom. The van der Waals surface area contributed by atoms with E-state index in [4.69, 9.17) is 0 Å². The van der Waals surface area contributed by atoms with Gasteiger partial charge in [0.05, 0.1) is 19.8 Å². The van der Waals surface area contributed by atoms with Crippen molar-refractivity contribution in [2.24, 2.45) is 4.99 Å². The van der Waals surface area contributed by atoms with E-state index >= 15 is 0 Å². The molecule has 3 rings (SSSR count). The molecule has 7 heteroatoms. The van der Waals surface area contributed by atoms with Crippen LogP contribution >= 0.6 is 0 Å². The van der Waals surface area contributed by atoms with Crippen molar-refractivity contribution in [1.82, 2.24) is 0 Å². The molecule has 7 nitrogen and oxygen atoms in total. The van der Waals surface area contributed by atoms with Crippen molar-refractivity contribution in [2.45, 2.75) is 5.54 Å². The summed E-state index contributed by atoms with van der Waals surface area (Å²) in [4.78, 5) is 17.0. The van der Waals surface area contributed by atoms with E-state index in [1.807, 2.05) is 0 Å². The highest BCUT2D eigenvalue weighted by Crippen LogP contribution is 2.37. The van der Waals surface area contributed by atoms with Crippen molar-refractivity contribution in [3.8, 4) is 22.6 Å². The van der Waals surface area contributed by atoms with E-state index in [9.17, 15) is 30.3 Å². The number of fused-ring (bicyclic) bond motifs is 3. The number of aliphatic imine (C=N–C) groups is 1. The minimum Gasteiger partial charge on any atom is -0.508 e. The molecule has 25 heavy (non-hydrogen) atoms. The Morgan fingerprint density at radius 1 is 0.760 bits per heavy atom. The van der Waals surface area contributed by atoms with Gasteiger partial charge >= 0.3 is 0 Å². The Labute approximate surface area is 143 Å². The molecule has 0 fully saturated rings. The largest absolute Gasteiger partial charge is 0.508 e. The Hall–Kier alpha value is -2.74. The molecule has 0 saturated heterocycles. The van der Waals surface area contributed by atoms with E-state index in [1.54, 1.807) is 12.1 Å². The lowest BCUT2D eigenvalue weighted by Crippen LogP contribution is -2.42. The second-order valence-electron chi connectivity index (χ2n) is 5.95. The lowest BCUT2D eigenvalue weighted by molar-refractivity contribution is 0.0712. The van der Waals surface area contributed by atoms with Gasteiger partial charge in [-0.15, -0.1) is 0 Å². The third-order valence-electron chi connectivity index (χ3n) is 4.24. The van der Waals surface area contributed by atoms with E-state index < -0.39 is 31.1 Å². The molecule has 0 spiro atoms. The maximum Gasteiger partial charge on any atom is 0.212 e. The number of aromatic hydroxyl groups is 2. The van der Waals surface area contributed by atoms with Crippen LogP contribution in [0.5, 0.6) is 11.5 Å². The summed E-state index contributed by atoms with van der Waals surface area (Å²) in [6, 6.07) is 8.78. The van der Waals surface area contributed by atoms with E-state index in [0.29, 0.717) is 16.7 Å². The number of aliphatic hydroxyl groups excluding tert-OH is 3. The van der Waals surface area contributed by atoms with Crippen LogP contribution in [-0.4, -0.2) is 62.4 Å². The number of nitrogens with zero attached hydrogens (tertiary/aromatic N) is 1. The first kappa shape index (κ1) is 17.1. The van der Waals surface area contributed by atoms with Crippen LogP contribution in [0.1, 0.15) is 15.9 Å². The fraction of sp³-hybridized carbons (Fsp3) is 0.222. The number of phenolic OH excluding ortho intramolecular Hbond substituents is 2. The zero-order chi connectivity index (χ0) is 18.2. The van der Waals surface area contributed by atoms with Gasteiger partial charge in [-0.05, 0) is 47.5 Å². The summed E-state index contributed by atoms with van der Waals surface area (Å²) in [5, 5.41) is 48.0. The van der Waals surface area contributed by atoms with Crippen molar-refractivity contribution in [3.05, 3.63) is 47.5 Å². The first-order chi connectivity index (χ1) is 11.9. The maximum absolute atomic E-state index is 12.9. The summed E-state index contributed by atoms with van der Waals surface area (Å²) in [6.07, 6.45) is 0. The number of carbonyl (C=O) groups excluding carboxylic acids is 1. The van der Waals surface area contributed by atoms with Gasteiger partial charge in [-0.2, -0.15) is 0 Å². The molecule has 2 aromatic carbocycles. The number of ketones is 1. The highest BCUT2D eigenvalue weighted by atomic mass is 16.3. The number of hydrogen-bond donors (Lipinski definition) is 5. The molecular formula is C18H17NO6. The van der Waals surface area contributed by atoms with Crippen LogP contribution in [0.4, 0.5) is 0 Å². The average molecular weight is 343 g/mol. The van der Waals surface area contributed by atoms with Gasteiger partial charge in [0.25, 0.3) is 0 Å². The number of hydrogen-bond acceptors (Lipinski definition) is 7. The van der Waals surface area contributed by atoms with Gasteiger partial charge in [-0.3, -0.25) is 9.79 Å². The lowest BCUT2D eigenvalue weighted by atomic mass is 9.82. The van der Waals surface area contributed by atoms with Gasteiger partial charge in [-0.1, -0.05) is 0 Å². The zero-order valence-electron chi connectivity index (χ0n) is 13.2. The van der Waals surface area contributed by atoms with Gasteiger partial charge in [-0.25, -0.2) is 0 Å². The van der Waals surface area contributed by atoms with Gasteiger partial charge in [0, 0.05) is 11.1 Å². The maximum atomic E-state index is 12.9. The van der Waals surface area contributed by atoms with Crippen LogP contribution in [0.15, 0.2) is 41.4 Å². The molecule has 5 N–H and O–H groups in total. The third-order valence-corrected chi connectivity index (χ3v) is 4.24. The smallest absolute Gasteiger partial charge is 0.212 e. The SMILES string of the molecule is O=C1/C(=N/C(CO)(CO)CO)c2cc(O)ccc2-c2ccc(O)cc21. The molecule has 0 aliphatic heterocycles. The molecule has 0 radical (unpaired) electrons. The monoisotopic (exact) mass is 343 g/mol. The molecule has 1 aliphatic carbocycles. The van der Waals surface area contributed by atoms with E-state index in [-0.39, 0.29) is 22.8 Å². The van der Waals surface area contributed by atoms with E-state index in [2.05, 4.69) is 4.99 Å². The molecule has 0 bridgehead atoms. The third kappa shape index (κ3) is 2.78. The molecule has 0 heterocycles. The zero-order valence-corrected chi connectivity index (χ0v) is 13.2. The van der Waals surface area contributed by atoms with Crippen molar-refractivity contribution in [2.75, 3.05) is 19.8 Å². The molecular weight excluding hydrogens is 326 g/mol. The summed E-state index contributed by atoms with van der Waals surface area (Å²) >= 11 is 0. The average Bonchev–Trinajstić information content (AvgIpc) is 2.62. The standard InChI is InChI=1S/C18H17NO6/c20-7-18(8-21,9-22)19-16-14-5-10(23)1-3-12(14)13-4-2-11(24)6-15(13)17(16)25/h1-6,20-24H,7-9H2/b19-16+. The summed E-state index contributed by atoms with van der Waals surface area (Å²) in [5.74, 6) is -0.709. The number of phenols is 2. The van der Waals surface area contributed by atoms with Gasteiger partial charge in [0.1, 0.15) is 22.7 Å². The molecule has 130 valence electrons. The number of aliphatic hydroxyl groups is 3. The molecule has 0 amide bonds. The molecule has 1 aliphatic rings. The molecule has 2 aromatic rings. The Balaban J connectivity index is 2.31. The second kappa shape index (κ2) is 6.29. The van der Waals surface area contributed by atoms with Crippen molar-refractivity contribution in [3.63, 3.8) is 0 Å². The lowest BCUT2D eigenvalue weighted by Gasteiger charge is -2.27. The quantitative estimate of drug-likeness (QED) is 0.548. The normalized spacial score (nSPS) is 15.2. The van der Waals surface area contributed by atoms with Gasteiger partial charge in [0.2, 0.25) is 5.78 Å². The summed E-state index contributed by atoms with van der Waals surface area (Å²) in [6.45, 7) is -2.01. The first-order valence-corrected chi connectivity index (χ1v) is 7.58. The highest BCUT2D eigenvalue weighted by Gasteiger charge is 2.34. The number of benzene rings is 2. The Bertz CT molecular complexity index is 862. The number of Topliss-reactive ketones (excluding diaryl/α,β-unsaturated/α-hetero) is 1. The van der Waals surface area contributed by atoms with Crippen LogP contribution < -0.4 is 0 Å². The van der Waals surface area contributed by atoms with E-state index in [1.165, 1.54) is 24.3 Å². The Kier molecular flexibility index (Phi) is 4.30. The van der Waals surface area contributed by atoms with Crippen molar-refractivity contribution >= 4 is 11.5 Å². The number of rotatable bonds is 4. The fourth-order valence-electron chi connectivity index (χ4n) is 2.77. The summed E-state index contributed by atoms with van der Waals surface area (Å²) < 4.78 is 0. The second-order valence-corrected chi connectivity index (χ2v) is 5.95. The van der Waals surface area contributed by atoms with Crippen LogP contribution in [-0.2, 0) is 0 Å². The van der Waals surface area contributed by atoms with Gasteiger partial charge < -0.3 is 25.5 Å². The predicted molar refractivity (Wildman–Crippen MR) is 90.1 cm³/mol. The predicted octanol–water partition coefficient (Wildman–Crippen LogP) is 0.466. The van der Waals surface area contributed by atoms with Crippen LogP contribution in [0, 0.1) is 0 Å². The van der Waals surface area contributed by atoms with E-state index in [0.717, 1.165) is 0 Å². The number of carbonyl (C=O) groups is 1. The minimum absolute atomic E-state index is 0.0796. The fourth-order valence-corrected chi connectivity index (χ4v) is 2.77. The Morgan fingerprint density at radius 2 is 1.24 bits per heavy atom. The minimum atomic E-state index is -1.64. The molecule has 0 aromatic heterocycles. The van der Waals surface area contributed by atoms with Crippen molar-refractivity contribution in [1.29, 1.82) is 0 Å².